The molecule has 10 heavy (non-hydrogen) atoms. The predicted molar refractivity (Wildman–Crippen MR) is 51.3 cm³/mol. The Kier molecular flexibility index (Phi) is 8.58. The van der Waals surface area contributed by atoms with E-state index in [2.05, 4.69) is 25.3 Å². The maximum atomic E-state index is 10.0. The summed E-state index contributed by atoms with van der Waals surface area (Å²) < 4.78 is 27.9. The minimum atomic E-state index is -3.82. The van der Waals surface area contributed by atoms with Crippen LogP contribution in [0, 0.1) is 0 Å². The van der Waals surface area contributed by atoms with Gasteiger partial charge in [0.15, 0.2) is 0 Å². The number of thiol groups is 2. The SMILES string of the molecule is O=S(=O)(O)CCC(S)S.[PbH2]. The van der Waals surface area contributed by atoms with E-state index in [9.17, 15) is 8.42 Å². The summed E-state index contributed by atoms with van der Waals surface area (Å²) >= 11 is 7.60. The molecule has 2 radical (unpaired) electrons. The van der Waals surface area contributed by atoms with Crippen LogP contribution in [0.5, 0.6) is 0 Å². The number of hydrogen-bond donors (Lipinski definition) is 3. The Bertz CT molecular complexity index is 164. The molecule has 1 N–H and O–H groups in total. The maximum absolute atomic E-state index is 10.0. The van der Waals surface area contributed by atoms with Crippen molar-refractivity contribution in [1.29, 1.82) is 0 Å². The van der Waals surface area contributed by atoms with Crippen molar-refractivity contribution in [2.24, 2.45) is 0 Å². The van der Waals surface area contributed by atoms with Crippen molar-refractivity contribution in [1.82, 2.24) is 0 Å². The van der Waals surface area contributed by atoms with Gasteiger partial charge in [-0.05, 0) is 6.42 Å². The molecule has 0 aliphatic carbocycles. The third-order valence-electron chi connectivity index (χ3n) is 0.634. The summed E-state index contributed by atoms with van der Waals surface area (Å²) in [6.07, 6.45) is 0.255. The molecule has 3 nitrogen and oxygen atoms in total. The van der Waals surface area contributed by atoms with E-state index in [0.29, 0.717) is 0 Å². The number of hydrogen-bond acceptors (Lipinski definition) is 4. The van der Waals surface area contributed by atoms with E-state index in [1.165, 1.54) is 0 Å². The minimum absolute atomic E-state index is 0. The van der Waals surface area contributed by atoms with Gasteiger partial charge in [-0.15, -0.1) is 0 Å². The first-order chi connectivity index (χ1) is 3.92. The average molecular weight is 398 g/mol. The van der Waals surface area contributed by atoms with Crippen LogP contribution in [0.25, 0.3) is 0 Å². The van der Waals surface area contributed by atoms with Crippen LogP contribution in [-0.2, 0) is 10.1 Å². The second kappa shape index (κ2) is 6.09. The molecular weight excluding hydrogens is 387 g/mol. The first kappa shape index (κ1) is 14.1. The van der Waals surface area contributed by atoms with E-state index >= 15 is 0 Å². The van der Waals surface area contributed by atoms with Crippen molar-refractivity contribution in [3.05, 3.63) is 0 Å². The van der Waals surface area contributed by atoms with Gasteiger partial charge in [-0.2, -0.15) is 33.7 Å². The van der Waals surface area contributed by atoms with E-state index in [1.54, 1.807) is 0 Å². The molecule has 0 saturated carbocycles. The third kappa shape index (κ3) is 12.2. The van der Waals surface area contributed by atoms with Crippen molar-refractivity contribution in [3.63, 3.8) is 0 Å². The van der Waals surface area contributed by atoms with Crippen LogP contribution >= 0.6 is 25.3 Å². The van der Waals surface area contributed by atoms with Gasteiger partial charge in [0.2, 0.25) is 0 Å². The molecule has 0 bridgehead atoms. The topological polar surface area (TPSA) is 54.4 Å². The molecule has 0 fully saturated rings. The van der Waals surface area contributed by atoms with Crippen LogP contribution in [0.2, 0.25) is 0 Å². The van der Waals surface area contributed by atoms with Crippen molar-refractivity contribution >= 4 is 62.7 Å². The van der Waals surface area contributed by atoms with Crippen LogP contribution < -0.4 is 0 Å². The fourth-order valence-electron chi connectivity index (χ4n) is 0.254. The molecule has 0 aromatic carbocycles. The van der Waals surface area contributed by atoms with Gasteiger partial charge in [-0.3, -0.25) is 4.55 Å². The summed E-state index contributed by atoms with van der Waals surface area (Å²) in [6, 6.07) is 0. The van der Waals surface area contributed by atoms with Gasteiger partial charge in [0.25, 0.3) is 10.1 Å². The molecule has 0 aromatic rings. The first-order valence-corrected chi connectivity index (χ1v) is 4.87. The van der Waals surface area contributed by atoms with Crippen molar-refractivity contribution in [2.45, 2.75) is 11.0 Å². The molecule has 0 aliphatic heterocycles. The quantitative estimate of drug-likeness (QED) is 0.261. The van der Waals surface area contributed by atoms with E-state index in [-0.39, 0.29) is 44.1 Å². The van der Waals surface area contributed by atoms with Crippen molar-refractivity contribution in [2.75, 3.05) is 5.75 Å². The molecular formula is C3H10O3PbS3. The molecule has 62 valence electrons. The second-order valence-corrected chi connectivity index (χ2v) is 4.78. The molecule has 0 rings (SSSR count). The Labute approximate surface area is 91.7 Å². The van der Waals surface area contributed by atoms with E-state index in [0.717, 1.165) is 0 Å². The van der Waals surface area contributed by atoms with Crippen LogP contribution in [-0.4, -0.2) is 50.6 Å². The van der Waals surface area contributed by atoms with Gasteiger partial charge in [-0.25, -0.2) is 0 Å². The zero-order valence-corrected chi connectivity index (χ0v) is 13.4. The van der Waals surface area contributed by atoms with Gasteiger partial charge in [-0.1, -0.05) is 0 Å². The van der Waals surface area contributed by atoms with Gasteiger partial charge < -0.3 is 0 Å². The second-order valence-electron chi connectivity index (χ2n) is 1.56. The molecule has 0 unspecified atom stereocenters. The summed E-state index contributed by atoms with van der Waals surface area (Å²) in [5, 5.41) is 0. The Balaban J connectivity index is 0. The zero-order chi connectivity index (χ0) is 7.49. The average Bonchev–Trinajstić information content (AvgIpc) is 1.59. The normalized spacial score (nSPS) is 11.2. The number of rotatable bonds is 3. The van der Waals surface area contributed by atoms with E-state index < -0.39 is 10.1 Å². The molecule has 0 aliphatic rings. The zero-order valence-electron chi connectivity index (χ0n) is 5.27. The van der Waals surface area contributed by atoms with E-state index in [4.69, 9.17) is 4.55 Å². The monoisotopic (exact) mass is 398 g/mol. The van der Waals surface area contributed by atoms with Crippen molar-refractivity contribution < 1.29 is 13.0 Å². The Morgan fingerprint density at radius 2 is 1.80 bits per heavy atom. The molecule has 0 atom stereocenters. The molecule has 0 spiro atoms. The van der Waals surface area contributed by atoms with Crippen LogP contribution in [0.3, 0.4) is 0 Å². The van der Waals surface area contributed by atoms with E-state index in [1.807, 2.05) is 0 Å². The Morgan fingerprint density at radius 1 is 1.40 bits per heavy atom. The summed E-state index contributed by atoms with van der Waals surface area (Å²) in [7, 11) is -3.82. The summed E-state index contributed by atoms with van der Waals surface area (Å²) in [4.78, 5) is 0. The third-order valence-corrected chi connectivity index (χ3v) is 1.90. The molecule has 0 saturated heterocycles. The molecule has 0 aromatic heterocycles. The van der Waals surface area contributed by atoms with Gasteiger partial charge in [0, 0.05) is 4.58 Å². The summed E-state index contributed by atoms with van der Waals surface area (Å²) in [6.45, 7) is 0. The molecule has 7 heteroatoms. The van der Waals surface area contributed by atoms with Crippen LogP contribution in [0.1, 0.15) is 6.42 Å². The fraction of sp³-hybridized carbons (Fsp3) is 1.00. The predicted octanol–water partition coefficient (Wildman–Crippen LogP) is -0.466. The van der Waals surface area contributed by atoms with Gasteiger partial charge in [0.05, 0.1) is 5.75 Å². The Morgan fingerprint density at radius 3 is 1.90 bits per heavy atom. The molecule has 0 amide bonds. The van der Waals surface area contributed by atoms with Crippen molar-refractivity contribution in [3.8, 4) is 0 Å². The van der Waals surface area contributed by atoms with Crippen LogP contribution in [0.4, 0.5) is 0 Å². The van der Waals surface area contributed by atoms with Gasteiger partial charge in [0.1, 0.15) is 0 Å². The van der Waals surface area contributed by atoms with Gasteiger partial charge >= 0.3 is 27.3 Å². The Hall–Kier alpha value is 1.53. The standard InChI is InChI=1S/C3H8O3S3.Pb.2H/c4-9(5,6)2-1-3(7)8;;;/h3,7-8H,1-2H2,(H,4,5,6);;;. The van der Waals surface area contributed by atoms with Crippen LogP contribution in [0.15, 0.2) is 0 Å². The summed E-state index contributed by atoms with van der Waals surface area (Å²) in [5.41, 5.74) is 0. The molecule has 0 heterocycles. The summed E-state index contributed by atoms with van der Waals surface area (Å²) in [5.74, 6) is -0.273. The fourth-order valence-corrected chi connectivity index (χ4v) is 1.40. The first-order valence-electron chi connectivity index (χ1n) is 2.23.